The van der Waals surface area contributed by atoms with E-state index in [0.29, 0.717) is 24.2 Å². The summed E-state index contributed by atoms with van der Waals surface area (Å²) < 4.78 is 1.22. The molecule has 0 saturated carbocycles. The minimum atomic E-state index is -0.0317. The molecule has 2 aromatic heterocycles. The van der Waals surface area contributed by atoms with Crippen LogP contribution in [0.15, 0.2) is 48.0 Å². The van der Waals surface area contributed by atoms with Gasteiger partial charge in [0.25, 0.3) is 5.91 Å². The summed E-state index contributed by atoms with van der Waals surface area (Å²) in [7, 11) is 0. The van der Waals surface area contributed by atoms with E-state index in [1.165, 1.54) is 4.70 Å². The van der Waals surface area contributed by atoms with Gasteiger partial charge in [0.2, 0.25) is 0 Å². The molecule has 29 heavy (non-hydrogen) atoms. The Labute approximate surface area is 189 Å². The molecule has 2 heterocycles. The van der Waals surface area contributed by atoms with Gasteiger partial charge in [0.15, 0.2) is 0 Å². The minimum Gasteiger partial charge on any atom is -0.351 e. The number of hydrogen-bond donors (Lipinski definition) is 1. The third kappa shape index (κ3) is 6.16. The molecule has 4 nitrogen and oxygen atoms in total. The molecule has 1 amide bonds. The first-order valence-electron chi connectivity index (χ1n) is 9.44. The van der Waals surface area contributed by atoms with Crippen LogP contribution in [0.25, 0.3) is 21.3 Å². The Kier molecular flexibility index (Phi) is 10.1. The summed E-state index contributed by atoms with van der Waals surface area (Å²) >= 11 is 1.71. The van der Waals surface area contributed by atoms with Crippen molar-refractivity contribution in [2.75, 3.05) is 13.1 Å². The van der Waals surface area contributed by atoms with E-state index in [2.05, 4.69) is 54.3 Å². The summed E-state index contributed by atoms with van der Waals surface area (Å²) in [6.07, 6.45) is 1.84. The van der Waals surface area contributed by atoms with Crippen LogP contribution < -0.4 is 5.32 Å². The lowest BCUT2D eigenvalue weighted by Crippen LogP contribution is -2.42. The molecule has 3 aromatic rings. The largest absolute Gasteiger partial charge is 0.351 e. The van der Waals surface area contributed by atoms with Crippen LogP contribution in [0.5, 0.6) is 0 Å². The number of aromatic nitrogens is 1. The Morgan fingerprint density at radius 1 is 1.03 bits per heavy atom. The summed E-state index contributed by atoms with van der Waals surface area (Å²) in [5.74, 6) is -0.0317. The maximum atomic E-state index is 12.4. The second kappa shape index (κ2) is 11.5. The van der Waals surface area contributed by atoms with Crippen molar-refractivity contribution in [1.29, 1.82) is 0 Å². The summed E-state index contributed by atoms with van der Waals surface area (Å²) in [6, 6.07) is 12.8. The number of carbonyl (C=O) groups excluding carboxylic acids is 1. The predicted octanol–water partition coefficient (Wildman–Crippen LogP) is 5.66. The van der Waals surface area contributed by atoms with Gasteiger partial charge in [-0.25, -0.2) is 0 Å². The number of nitrogens with one attached hydrogen (secondary N) is 1. The molecule has 1 N–H and O–H groups in total. The molecule has 0 saturated heterocycles. The molecular weight excluding hydrogens is 425 g/mol. The zero-order chi connectivity index (χ0) is 19.4. The van der Waals surface area contributed by atoms with Crippen molar-refractivity contribution in [3.05, 3.63) is 53.5 Å². The van der Waals surface area contributed by atoms with Crippen molar-refractivity contribution >= 4 is 52.1 Å². The van der Waals surface area contributed by atoms with E-state index < -0.39 is 0 Å². The molecule has 7 heteroatoms. The Hall–Kier alpha value is -1.66. The van der Waals surface area contributed by atoms with Gasteiger partial charge in [-0.05, 0) is 57.3 Å². The van der Waals surface area contributed by atoms with E-state index in [9.17, 15) is 4.79 Å². The van der Waals surface area contributed by atoms with Gasteiger partial charge in [0.05, 0.1) is 5.69 Å². The Morgan fingerprint density at radius 3 is 2.31 bits per heavy atom. The summed E-state index contributed by atoms with van der Waals surface area (Å²) in [5.41, 5.74) is 2.67. The molecule has 158 valence electrons. The Morgan fingerprint density at radius 2 is 1.69 bits per heavy atom. The third-order valence-electron chi connectivity index (χ3n) is 4.78. The third-order valence-corrected chi connectivity index (χ3v) is 5.66. The SMILES string of the molecule is CC(C)N(CCNC(=O)c1ccc(-c2nccc3sccc23)cc1)C(C)C.Cl.Cl. The number of benzene rings is 1. The average Bonchev–Trinajstić information content (AvgIpc) is 3.13. The highest BCUT2D eigenvalue weighted by atomic mass is 35.5. The summed E-state index contributed by atoms with van der Waals surface area (Å²) in [4.78, 5) is 19.3. The predicted molar refractivity (Wildman–Crippen MR) is 129 cm³/mol. The van der Waals surface area contributed by atoms with Gasteiger partial charge in [-0.2, -0.15) is 0 Å². The summed E-state index contributed by atoms with van der Waals surface area (Å²) in [5, 5.41) is 6.26. The van der Waals surface area contributed by atoms with Gasteiger partial charge in [0, 0.05) is 52.6 Å². The fraction of sp³-hybridized carbons (Fsp3) is 0.364. The first kappa shape index (κ1) is 25.4. The Balaban J connectivity index is 0.00000210. The molecular formula is C22H29Cl2N3OS. The van der Waals surface area contributed by atoms with E-state index in [1.54, 1.807) is 11.3 Å². The fourth-order valence-corrected chi connectivity index (χ4v) is 4.20. The second-order valence-corrected chi connectivity index (χ2v) is 8.20. The van der Waals surface area contributed by atoms with Crippen LogP contribution in [0.2, 0.25) is 0 Å². The summed E-state index contributed by atoms with van der Waals surface area (Å²) in [6.45, 7) is 10.2. The van der Waals surface area contributed by atoms with E-state index in [1.807, 2.05) is 36.5 Å². The Bertz CT molecular complexity index is 902. The van der Waals surface area contributed by atoms with Crippen molar-refractivity contribution in [2.45, 2.75) is 39.8 Å². The molecule has 0 unspecified atom stereocenters. The highest BCUT2D eigenvalue weighted by Gasteiger charge is 2.14. The topological polar surface area (TPSA) is 45.2 Å². The smallest absolute Gasteiger partial charge is 0.251 e. The zero-order valence-electron chi connectivity index (χ0n) is 17.2. The van der Waals surface area contributed by atoms with E-state index in [0.717, 1.165) is 23.2 Å². The number of hydrogen-bond acceptors (Lipinski definition) is 4. The number of thiophene rings is 1. The maximum absolute atomic E-state index is 12.4. The quantitative estimate of drug-likeness (QED) is 0.501. The van der Waals surface area contributed by atoms with Crippen molar-refractivity contribution in [2.24, 2.45) is 0 Å². The molecule has 3 rings (SSSR count). The van der Waals surface area contributed by atoms with Crippen LogP contribution in [0.1, 0.15) is 38.1 Å². The number of carbonyl (C=O) groups is 1. The lowest BCUT2D eigenvalue weighted by Gasteiger charge is -2.30. The molecule has 0 aliphatic heterocycles. The number of pyridine rings is 1. The van der Waals surface area contributed by atoms with Gasteiger partial charge < -0.3 is 5.32 Å². The number of amides is 1. The highest BCUT2D eigenvalue weighted by molar-refractivity contribution is 7.17. The molecule has 0 aliphatic carbocycles. The van der Waals surface area contributed by atoms with Crippen molar-refractivity contribution < 1.29 is 4.79 Å². The lowest BCUT2D eigenvalue weighted by atomic mass is 10.1. The lowest BCUT2D eigenvalue weighted by molar-refractivity contribution is 0.0939. The number of fused-ring (bicyclic) bond motifs is 1. The van der Waals surface area contributed by atoms with Gasteiger partial charge in [-0.1, -0.05) is 12.1 Å². The molecule has 0 spiro atoms. The van der Waals surface area contributed by atoms with Crippen LogP contribution in [-0.2, 0) is 0 Å². The normalized spacial score (nSPS) is 10.9. The van der Waals surface area contributed by atoms with Crippen molar-refractivity contribution in [1.82, 2.24) is 15.2 Å². The first-order chi connectivity index (χ1) is 13.0. The molecule has 1 aromatic carbocycles. The standard InChI is InChI=1S/C22H27N3OS.2ClH/c1-15(2)25(16(3)4)13-12-24-22(26)18-7-5-17(6-8-18)21-19-10-14-27-20(19)9-11-23-21;;/h5-11,14-16H,12-13H2,1-4H3,(H,24,26);2*1H. The number of rotatable bonds is 7. The molecule has 0 bridgehead atoms. The van der Waals surface area contributed by atoms with E-state index in [4.69, 9.17) is 0 Å². The van der Waals surface area contributed by atoms with Crippen molar-refractivity contribution in [3.8, 4) is 11.3 Å². The second-order valence-electron chi connectivity index (χ2n) is 7.25. The van der Waals surface area contributed by atoms with E-state index in [-0.39, 0.29) is 30.7 Å². The van der Waals surface area contributed by atoms with Crippen LogP contribution >= 0.6 is 36.2 Å². The molecule has 0 fully saturated rings. The first-order valence-corrected chi connectivity index (χ1v) is 10.3. The number of nitrogens with zero attached hydrogens (tertiary/aromatic N) is 2. The monoisotopic (exact) mass is 453 g/mol. The number of halogens is 2. The highest BCUT2D eigenvalue weighted by Crippen LogP contribution is 2.29. The minimum absolute atomic E-state index is 0. The van der Waals surface area contributed by atoms with Gasteiger partial charge in [-0.3, -0.25) is 14.7 Å². The van der Waals surface area contributed by atoms with Crippen LogP contribution in [0.3, 0.4) is 0 Å². The van der Waals surface area contributed by atoms with Gasteiger partial charge >= 0.3 is 0 Å². The molecule has 0 radical (unpaired) electrons. The average molecular weight is 454 g/mol. The van der Waals surface area contributed by atoms with E-state index >= 15 is 0 Å². The molecule has 0 atom stereocenters. The van der Waals surface area contributed by atoms with Crippen LogP contribution in [0.4, 0.5) is 0 Å². The maximum Gasteiger partial charge on any atom is 0.251 e. The fourth-order valence-electron chi connectivity index (χ4n) is 3.42. The zero-order valence-corrected chi connectivity index (χ0v) is 19.7. The van der Waals surface area contributed by atoms with Gasteiger partial charge in [-0.15, -0.1) is 36.2 Å². The van der Waals surface area contributed by atoms with Crippen molar-refractivity contribution in [3.63, 3.8) is 0 Å². The van der Waals surface area contributed by atoms with Crippen LogP contribution in [0, 0.1) is 0 Å². The van der Waals surface area contributed by atoms with Crippen LogP contribution in [-0.4, -0.2) is 41.0 Å². The van der Waals surface area contributed by atoms with Gasteiger partial charge in [0.1, 0.15) is 0 Å². The molecule has 0 aliphatic rings.